The molecule has 0 aliphatic heterocycles. The second-order valence-electron chi connectivity index (χ2n) is 5.20. The molecular formula is C15H24N2O2. The van der Waals surface area contributed by atoms with E-state index in [2.05, 4.69) is 20.8 Å². The average molecular weight is 264 g/mol. The molecule has 19 heavy (non-hydrogen) atoms. The van der Waals surface area contributed by atoms with E-state index in [1.54, 1.807) is 7.11 Å². The summed E-state index contributed by atoms with van der Waals surface area (Å²) in [6.45, 7) is 6.97. The zero-order valence-electron chi connectivity index (χ0n) is 12.2. The zero-order chi connectivity index (χ0) is 14.4. The number of hydrogen-bond acceptors (Lipinski definition) is 3. The highest BCUT2D eigenvalue weighted by molar-refractivity contribution is 5.97. The van der Waals surface area contributed by atoms with Crippen LogP contribution in [-0.2, 0) is 11.3 Å². The first-order valence-electron chi connectivity index (χ1n) is 6.57. The number of ether oxygens (including phenoxy) is 2. The molecule has 3 N–H and O–H groups in total. The smallest absolute Gasteiger partial charge is 0.129 e. The molecule has 0 spiro atoms. The molecule has 1 atom stereocenters. The Kier molecular flexibility index (Phi) is 5.83. The minimum Gasteiger partial charge on any atom is -0.496 e. The Morgan fingerprint density at radius 2 is 2.00 bits per heavy atom. The Morgan fingerprint density at radius 1 is 1.32 bits per heavy atom. The van der Waals surface area contributed by atoms with Gasteiger partial charge in [0.2, 0.25) is 0 Å². The largest absolute Gasteiger partial charge is 0.496 e. The minimum atomic E-state index is 0.00827. The van der Waals surface area contributed by atoms with Crippen LogP contribution in [0.2, 0.25) is 0 Å². The average Bonchev–Trinajstić information content (AvgIpc) is 2.35. The van der Waals surface area contributed by atoms with Crippen molar-refractivity contribution in [3.8, 4) is 5.75 Å². The Hall–Kier alpha value is -1.55. The van der Waals surface area contributed by atoms with E-state index in [4.69, 9.17) is 20.6 Å². The fourth-order valence-corrected chi connectivity index (χ4v) is 2.03. The lowest BCUT2D eigenvalue weighted by molar-refractivity contribution is 0.0397. The van der Waals surface area contributed by atoms with E-state index in [0.717, 1.165) is 12.0 Å². The highest BCUT2D eigenvalue weighted by Crippen LogP contribution is 2.20. The van der Waals surface area contributed by atoms with E-state index < -0.39 is 0 Å². The van der Waals surface area contributed by atoms with Gasteiger partial charge < -0.3 is 15.2 Å². The number of benzene rings is 1. The van der Waals surface area contributed by atoms with Crippen molar-refractivity contribution in [3.05, 3.63) is 29.3 Å². The number of methoxy groups -OCH3 is 1. The molecule has 1 rings (SSSR count). The highest BCUT2D eigenvalue weighted by Gasteiger charge is 2.09. The molecule has 1 aromatic rings. The summed E-state index contributed by atoms with van der Waals surface area (Å²) in [5.74, 6) is 1.25. The van der Waals surface area contributed by atoms with E-state index in [-0.39, 0.29) is 11.9 Å². The van der Waals surface area contributed by atoms with Crippen LogP contribution in [0, 0.1) is 11.3 Å². The van der Waals surface area contributed by atoms with Crippen molar-refractivity contribution >= 4 is 5.84 Å². The summed E-state index contributed by atoms with van der Waals surface area (Å²) in [4.78, 5) is 0. The number of nitrogen functional groups attached to an aromatic ring is 1. The van der Waals surface area contributed by atoms with Crippen molar-refractivity contribution in [2.45, 2.75) is 39.9 Å². The summed E-state index contributed by atoms with van der Waals surface area (Å²) in [7, 11) is 1.57. The molecule has 0 amide bonds. The maximum absolute atomic E-state index is 7.54. The molecule has 0 aromatic heterocycles. The van der Waals surface area contributed by atoms with Crippen molar-refractivity contribution in [1.82, 2.24) is 0 Å². The molecule has 0 radical (unpaired) electrons. The van der Waals surface area contributed by atoms with Gasteiger partial charge in [0.1, 0.15) is 11.6 Å². The second kappa shape index (κ2) is 7.14. The molecule has 0 heterocycles. The van der Waals surface area contributed by atoms with E-state index in [1.807, 2.05) is 18.2 Å². The van der Waals surface area contributed by atoms with Gasteiger partial charge in [0.15, 0.2) is 0 Å². The molecular weight excluding hydrogens is 240 g/mol. The lowest BCUT2D eigenvalue weighted by Gasteiger charge is -2.16. The van der Waals surface area contributed by atoms with Crippen LogP contribution in [0.3, 0.4) is 0 Å². The Balaban J connectivity index is 2.69. The first-order chi connectivity index (χ1) is 8.93. The number of nitrogens with one attached hydrogen (secondary N) is 1. The first-order valence-corrected chi connectivity index (χ1v) is 6.57. The summed E-state index contributed by atoms with van der Waals surface area (Å²) >= 11 is 0. The van der Waals surface area contributed by atoms with Crippen molar-refractivity contribution in [2.24, 2.45) is 11.7 Å². The van der Waals surface area contributed by atoms with E-state index in [9.17, 15) is 0 Å². The lowest BCUT2D eigenvalue weighted by atomic mass is 10.1. The van der Waals surface area contributed by atoms with Crippen LogP contribution in [0.15, 0.2) is 18.2 Å². The predicted molar refractivity (Wildman–Crippen MR) is 77.7 cm³/mol. The number of rotatable bonds is 7. The SMILES string of the molecule is COc1ccc(COC(C)CC(C)C)cc1C(=N)N. The first kappa shape index (κ1) is 15.5. The van der Waals surface area contributed by atoms with Gasteiger partial charge in [-0.1, -0.05) is 19.9 Å². The van der Waals surface area contributed by atoms with Crippen molar-refractivity contribution in [2.75, 3.05) is 7.11 Å². The van der Waals surface area contributed by atoms with Crippen LogP contribution in [-0.4, -0.2) is 19.0 Å². The molecule has 1 aromatic carbocycles. The van der Waals surface area contributed by atoms with Gasteiger partial charge in [0, 0.05) is 0 Å². The fraction of sp³-hybridized carbons (Fsp3) is 0.533. The van der Waals surface area contributed by atoms with E-state index >= 15 is 0 Å². The molecule has 1 unspecified atom stereocenters. The molecule has 0 bridgehead atoms. The summed E-state index contributed by atoms with van der Waals surface area (Å²) < 4.78 is 11.0. The van der Waals surface area contributed by atoms with Crippen LogP contribution >= 0.6 is 0 Å². The van der Waals surface area contributed by atoms with Crippen LogP contribution in [0.25, 0.3) is 0 Å². The lowest BCUT2D eigenvalue weighted by Crippen LogP contribution is -2.14. The fourth-order valence-electron chi connectivity index (χ4n) is 2.03. The van der Waals surface area contributed by atoms with Crippen LogP contribution in [0.4, 0.5) is 0 Å². The third-order valence-corrected chi connectivity index (χ3v) is 2.89. The maximum atomic E-state index is 7.54. The van der Waals surface area contributed by atoms with Gasteiger partial charge >= 0.3 is 0 Å². The van der Waals surface area contributed by atoms with Crippen molar-refractivity contribution in [1.29, 1.82) is 5.41 Å². The maximum Gasteiger partial charge on any atom is 0.129 e. The number of nitrogens with two attached hydrogens (primary N) is 1. The monoisotopic (exact) mass is 264 g/mol. The third-order valence-electron chi connectivity index (χ3n) is 2.89. The molecule has 0 saturated carbocycles. The Morgan fingerprint density at radius 3 is 2.53 bits per heavy atom. The quantitative estimate of drug-likeness (QED) is 0.587. The molecule has 4 heteroatoms. The Bertz CT molecular complexity index is 430. The van der Waals surface area contributed by atoms with Gasteiger partial charge in [0.25, 0.3) is 0 Å². The van der Waals surface area contributed by atoms with Crippen LogP contribution in [0.1, 0.15) is 38.3 Å². The number of hydrogen-bond donors (Lipinski definition) is 2. The van der Waals surface area contributed by atoms with Crippen molar-refractivity contribution < 1.29 is 9.47 Å². The number of amidine groups is 1. The summed E-state index contributed by atoms with van der Waals surface area (Å²) in [5, 5.41) is 7.54. The molecule has 0 aliphatic carbocycles. The summed E-state index contributed by atoms with van der Waals surface area (Å²) in [6, 6.07) is 5.61. The van der Waals surface area contributed by atoms with Crippen LogP contribution in [0.5, 0.6) is 5.75 Å². The minimum absolute atomic E-state index is 0.00827. The molecule has 4 nitrogen and oxygen atoms in total. The molecule has 106 valence electrons. The zero-order valence-corrected chi connectivity index (χ0v) is 12.2. The normalized spacial score (nSPS) is 12.5. The van der Waals surface area contributed by atoms with Gasteiger partial charge in [-0.05, 0) is 37.0 Å². The second-order valence-corrected chi connectivity index (χ2v) is 5.20. The van der Waals surface area contributed by atoms with Gasteiger partial charge in [-0.3, -0.25) is 5.41 Å². The summed E-state index contributed by atoms with van der Waals surface area (Å²) in [5.41, 5.74) is 7.16. The highest BCUT2D eigenvalue weighted by atomic mass is 16.5. The van der Waals surface area contributed by atoms with Gasteiger partial charge in [-0.15, -0.1) is 0 Å². The Labute approximate surface area is 115 Å². The molecule has 0 saturated heterocycles. The predicted octanol–water partition coefficient (Wildman–Crippen LogP) is 2.93. The molecule has 0 fully saturated rings. The van der Waals surface area contributed by atoms with Gasteiger partial charge in [-0.2, -0.15) is 0 Å². The third kappa shape index (κ3) is 4.91. The van der Waals surface area contributed by atoms with E-state index in [1.165, 1.54) is 0 Å². The van der Waals surface area contributed by atoms with Crippen molar-refractivity contribution in [3.63, 3.8) is 0 Å². The van der Waals surface area contributed by atoms with E-state index in [0.29, 0.717) is 23.8 Å². The molecule has 0 aliphatic rings. The topological polar surface area (TPSA) is 68.3 Å². The standard InChI is InChI=1S/C15H24N2O2/c1-10(2)7-11(3)19-9-12-5-6-14(18-4)13(8-12)15(16)17/h5-6,8,10-11H,7,9H2,1-4H3,(H3,16,17). The van der Waals surface area contributed by atoms with Crippen LogP contribution < -0.4 is 10.5 Å². The van der Waals surface area contributed by atoms with Gasteiger partial charge in [-0.25, -0.2) is 0 Å². The van der Waals surface area contributed by atoms with Gasteiger partial charge in [0.05, 0.1) is 25.4 Å². The summed E-state index contributed by atoms with van der Waals surface area (Å²) in [6.07, 6.45) is 1.26.